The molecule has 0 bridgehead atoms. The van der Waals surface area contributed by atoms with Gasteiger partial charge in [0.2, 0.25) is 10.0 Å². The van der Waals surface area contributed by atoms with E-state index >= 15 is 0 Å². The van der Waals surface area contributed by atoms with Crippen molar-refractivity contribution in [3.63, 3.8) is 0 Å². The molecule has 0 aliphatic carbocycles. The lowest BCUT2D eigenvalue weighted by molar-refractivity contribution is 0.0951. The number of carbonyl (C=O) groups excluding carboxylic acids is 1. The number of rotatable bonds is 5. The van der Waals surface area contributed by atoms with E-state index in [9.17, 15) is 17.6 Å². The van der Waals surface area contributed by atoms with Crippen LogP contribution in [-0.4, -0.2) is 32.7 Å². The number of hydrogen-bond acceptors (Lipinski definition) is 3. The van der Waals surface area contributed by atoms with Crippen molar-refractivity contribution in [1.82, 2.24) is 9.62 Å². The van der Waals surface area contributed by atoms with Gasteiger partial charge in [0, 0.05) is 26.2 Å². The summed E-state index contributed by atoms with van der Waals surface area (Å²) in [6, 6.07) is 11.5. The Kier molecular flexibility index (Phi) is 5.12. The molecule has 1 amide bonds. The average Bonchev–Trinajstić information content (AvgIpc) is 2.54. The molecule has 1 N–H and O–H groups in total. The number of nitrogens with one attached hydrogen (secondary N) is 1. The second kappa shape index (κ2) is 6.89. The van der Waals surface area contributed by atoms with E-state index in [-0.39, 0.29) is 23.2 Å². The molecular formula is C16H17FN2O3S. The van der Waals surface area contributed by atoms with Gasteiger partial charge in [0.1, 0.15) is 5.82 Å². The normalized spacial score (nSPS) is 11.5. The summed E-state index contributed by atoms with van der Waals surface area (Å²) in [6.45, 7) is 0.261. The van der Waals surface area contributed by atoms with Gasteiger partial charge in [-0.25, -0.2) is 17.1 Å². The molecule has 2 aromatic rings. The molecule has 0 spiro atoms. The fourth-order valence-electron chi connectivity index (χ4n) is 1.88. The van der Waals surface area contributed by atoms with E-state index in [1.807, 2.05) is 0 Å². The van der Waals surface area contributed by atoms with Gasteiger partial charge < -0.3 is 5.32 Å². The molecule has 0 saturated heterocycles. The van der Waals surface area contributed by atoms with E-state index in [4.69, 9.17) is 0 Å². The first-order chi connectivity index (χ1) is 10.8. The molecule has 0 heterocycles. The van der Waals surface area contributed by atoms with Crippen molar-refractivity contribution in [2.75, 3.05) is 14.1 Å². The number of amides is 1. The van der Waals surface area contributed by atoms with Crippen molar-refractivity contribution >= 4 is 15.9 Å². The van der Waals surface area contributed by atoms with Gasteiger partial charge in [0.05, 0.1) is 4.90 Å². The molecule has 122 valence electrons. The van der Waals surface area contributed by atoms with Crippen LogP contribution in [0.5, 0.6) is 0 Å². The zero-order chi connectivity index (χ0) is 17.0. The molecule has 0 aliphatic rings. The van der Waals surface area contributed by atoms with Crippen LogP contribution in [0.25, 0.3) is 0 Å². The lowest BCUT2D eigenvalue weighted by Crippen LogP contribution is -2.24. The molecule has 0 atom stereocenters. The topological polar surface area (TPSA) is 66.5 Å². The quantitative estimate of drug-likeness (QED) is 0.908. The number of sulfonamides is 1. The van der Waals surface area contributed by atoms with Crippen molar-refractivity contribution in [2.45, 2.75) is 11.4 Å². The van der Waals surface area contributed by atoms with Crippen molar-refractivity contribution < 1.29 is 17.6 Å². The molecule has 0 unspecified atom stereocenters. The van der Waals surface area contributed by atoms with Gasteiger partial charge in [-0.1, -0.05) is 12.1 Å². The van der Waals surface area contributed by atoms with Crippen molar-refractivity contribution in [3.05, 3.63) is 65.5 Å². The van der Waals surface area contributed by atoms with Gasteiger partial charge in [0.25, 0.3) is 5.91 Å². The lowest BCUT2D eigenvalue weighted by Gasteiger charge is -2.11. The predicted octanol–water partition coefficient (Wildman–Crippen LogP) is 2.01. The Morgan fingerprint density at radius 3 is 2.13 bits per heavy atom. The van der Waals surface area contributed by atoms with Gasteiger partial charge >= 0.3 is 0 Å². The van der Waals surface area contributed by atoms with Crippen LogP contribution >= 0.6 is 0 Å². The maximum atomic E-state index is 12.8. The largest absolute Gasteiger partial charge is 0.348 e. The van der Waals surface area contributed by atoms with Crippen LogP contribution in [0, 0.1) is 5.82 Å². The Labute approximate surface area is 134 Å². The summed E-state index contributed by atoms with van der Waals surface area (Å²) in [4.78, 5) is 12.2. The summed E-state index contributed by atoms with van der Waals surface area (Å²) in [5.74, 6) is -0.666. The summed E-state index contributed by atoms with van der Waals surface area (Å²) < 4.78 is 37.8. The fourth-order valence-corrected chi connectivity index (χ4v) is 2.78. The van der Waals surface area contributed by atoms with Crippen LogP contribution in [0.3, 0.4) is 0 Å². The van der Waals surface area contributed by atoms with E-state index in [0.717, 1.165) is 9.87 Å². The molecule has 0 radical (unpaired) electrons. The van der Waals surface area contributed by atoms with Gasteiger partial charge in [-0.2, -0.15) is 0 Å². The molecule has 5 nitrogen and oxygen atoms in total. The second-order valence-corrected chi connectivity index (χ2v) is 7.27. The smallest absolute Gasteiger partial charge is 0.251 e. The van der Waals surface area contributed by atoms with E-state index in [2.05, 4.69) is 5.32 Å². The highest BCUT2D eigenvalue weighted by Gasteiger charge is 2.17. The number of benzene rings is 2. The van der Waals surface area contributed by atoms with Crippen LogP contribution in [-0.2, 0) is 16.6 Å². The minimum atomic E-state index is -3.51. The summed E-state index contributed by atoms with van der Waals surface area (Å²) >= 11 is 0. The third kappa shape index (κ3) is 4.14. The van der Waals surface area contributed by atoms with E-state index in [1.165, 1.54) is 50.5 Å². The van der Waals surface area contributed by atoms with Crippen LogP contribution in [0.4, 0.5) is 4.39 Å². The standard InChI is InChI=1S/C16H17FN2O3S/c1-19(2)23(21,22)15-9-5-13(6-10-15)16(20)18-11-12-3-7-14(17)8-4-12/h3-10H,11H2,1-2H3,(H,18,20). The van der Waals surface area contributed by atoms with Crippen molar-refractivity contribution in [1.29, 1.82) is 0 Å². The zero-order valence-corrected chi connectivity index (χ0v) is 13.6. The SMILES string of the molecule is CN(C)S(=O)(=O)c1ccc(C(=O)NCc2ccc(F)cc2)cc1. The number of carbonyl (C=O) groups is 1. The minimum Gasteiger partial charge on any atom is -0.348 e. The van der Waals surface area contributed by atoms with Crippen LogP contribution in [0.15, 0.2) is 53.4 Å². The number of nitrogens with zero attached hydrogens (tertiary/aromatic N) is 1. The van der Waals surface area contributed by atoms with Crippen LogP contribution < -0.4 is 5.32 Å². The third-order valence-electron chi connectivity index (χ3n) is 3.26. The Balaban J connectivity index is 2.04. The van der Waals surface area contributed by atoms with E-state index in [1.54, 1.807) is 12.1 Å². The van der Waals surface area contributed by atoms with E-state index < -0.39 is 10.0 Å². The first-order valence-corrected chi connectivity index (χ1v) is 8.30. The summed E-state index contributed by atoms with van der Waals surface area (Å²) in [6.07, 6.45) is 0. The molecule has 23 heavy (non-hydrogen) atoms. The Hall–Kier alpha value is -2.25. The van der Waals surface area contributed by atoms with Gasteiger partial charge in [-0.05, 0) is 42.0 Å². The predicted molar refractivity (Wildman–Crippen MR) is 84.9 cm³/mol. The zero-order valence-electron chi connectivity index (χ0n) is 12.8. The third-order valence-corrected chi connectivity index (χ3v) is 5.09. The average molecular weight is 336 g/mol. The highest BCUT2D eigenvalue weighted by atomic mass is 32.2. The summed E-state index contributed by atoms with van der Waals surface area (Å²) in [5.41, 5.74) is 1.12. The second-order valence-electron chi connectivity index (χ2n) is 5.12. The molecule has 0 aromatic heterocycles. The van der Waals surface area contributed by atoms with Crippen LogP contribution in [0.2, 0.25) is 0 Å². The Morgan fingerprint density at radius 2 is 1.61 bits per heavy atom. The maximum absolute atomic E-state index is 12.8. The Morgan fingerprint density at radius 1 is 1.04 bits per heavy atom. The van der Waals surface area contributed by atoms with Gasteiger partial charge in [0.15, 0.2) is 0 Å². The molecule has 0 saturated carbocycles. The highest BCUT2D eigenvalue weighted by molar-refractivity contribution is 7.89. The molecule has 0 fully saturated rings. The van der Waals surface area contributed by atoms with Gasteiger partial charge in [-0.3, -0.25) is 4.79 Å². The first kappa shape index (κ1) is 17.1. The van der Waals surface area contributed by atoms with Crippen molar-refractivity contribution in [3.8, 4) is 0 Å². The first-order valence-electron chi connectivity index (χ1n) is 6.86. The fraction of sp³-hybridized carbons (Fsp3) is 0.188. The van der Waals surface area contributed by atoms with Gasteiger partial charge in [-0.15, -0.1) is 0 Å². The molecule has 2 rings (SSSR count). The highest BCUT2D eigenvalue weighted by Crippen LogP contribution is 2.14. The van der Waals surface area contributed by atoms with Crippen molar-refractivity contribution in [2.24, 2.45) is 0 Å². The number of halogens is 1. The van der Waals surface area contributed by atoms with Crippen LogP contribution in [0.1, 0.15) is 15.9 Å². The summed E-state index contributed by atoms with van der Waals surface area (Å²) in [5, 5.41) is 2.69. The molecule has 2 aromatic carbocycles. The maximum Gasteiger partial charge on any atom is 0.251 e. The lowest BCUT2D eigenvalue weighted by atomic mass is 10.2. The monoisotopic (exact) mass is 336 g/mol. The Bertz CT molecular complexity index is 785. The summed E-state index contributed by atoms with van der Waals surface area (Å²) in [7, 11) is -0.626. The molecule has 7 heteroatoms. The molecule has 0 aliphatic heterocycles. The number of hydrogen-bond donors (Lipinski definition) is 1. The molecular weight excluding hydrogens is 319 g/mol. The minimum absolute atomic E-state index is 0.123. The van der Waals surface area contributed by atoms with E-state index in [0.29, 0.717) is 5.56 Å².